The Hall–Kier alpha value is -4.00. The molecule has 7 nitrogen and oxygen atoms in total. The molecular formula is C27H27NO6. The molecule has 0 aliphatic rings. The van der Waals surface area contributed by atoms with Crippen molar-refractivity contribution in [2.75, 3.05) is 19.8 Å². The molecule has 1 heterocycles. The van der Waals surface area contributed by atoms with Gasteiger partial charge in [0.05, 0.1) is 18.6 Å². The minimum Gasteiger partial charge on any atom is -0.493 e. The van der Waals surface area contributed by atoms with Gasteiger partial charge in [0.25, 0.3) is 0 Å². The Bertz CT molecular complexity index is 1220. The molecule has 7 heteroatoms. The second-order valence-corrected chi connectivity index (χ2v) is 7.77. The number of hydrogen-bond acceptors (Lipinski definition) is 6. The molecule has 0 aliphatic carbocycles. The molecule has 0 spiro atoms. The van der Waals surface area contributed by atoms with Gasteiger partial charge < -0.3 is 23.8 Å². The van der Waals surface area contributed by atoms with Gasteiger partial charge in [-0.3, -0.25) is 0 Å². The minimum atomic E-state index is -1.01. The zero-order valence-electron chi connectivity index (χ0n) is 19.0. The SMILES string of the molecule is CCCc1c(OCCCOc2ccc(OCC(=O)O)cc2)ccc2c(-c3ccccc3)noc12. The van der Waals surface area contributed by atoms with E-state index < -0.39 is 5.97 Å². The van der Waals surface area contributed by atoms with Crippen LogP contribution in [-0.4, -0.2) is 36.1 Å². The van der Waals surface area contributed by atoms with E-state index in [1.807, 2.05) is 42.5 Å². The normalized spacial score (nSPS) is 10.9. The van der Waals surface area contributed by atoms with Gasteiger partial charge in [0.2, 0.25) is 0 Å². The number of benzene rings is 3. The Morgan fingerprint density at radius 3 is 2.32 bits per heavy atom. The van der Waals surface area contributed by atoms with Crippen LogP contribution < -0.4 is 14.2 Å². The Morgan fingerprint density at radius 2 is 1.62 bits per heavy atom. The number of aromatic nitrogens is 1. The van der Waals surface area contributed by atoms with Crippen molar-refractivity contribution in [1.29, 1.82) is 0 Å². The van der Waals surface area contributed by atoms with Gasteiger partial charge >= 0.3 is 5.97 Å². The predicted molar refractivity (Wildman–Crippen MR) is 129 cm³/mol. The summed E-state index contributed by atoms with van der Waals surface area (Å²) in [5, 5.41) is 14.0. The molecule has 0 amide bonds. The molecule has 176 valence electrons. The lowest BCUT2D eigenvalue weighted by Crippen LogP contribution is -2.09. The molecule has 4 rings (SSSR count). The Labute approximate surface area is 197 Å². The van der Waals surface area contributed by atoms with E-state index in [0.29, 0.717) is 31.1 Å². The molecule has 4 aromatic rings. The molecule has 0 saturated carbocycles. The van der Waals surface area contributed by atoms with Gasteiger partial charge in [-0.1, -0.05) is 48.8 Å². The van der Waals surface area contributed by atoms with E-state index >= 15 is 0 Å². The van der Waals surface area contributed by atoms with Crippen molar-refractivity contribution in [2.45, 2.75) is 26.2 Å². The summed E-state index contributed by atoms with van der Waals surface area (Å²) < 4.78 is 22.7. The summed E-state index contributed by atoms with van der Waals surface area (Å²) >= 11 is 0. The van der Waals surface area contributed by atoms with E-state index in [1.165, 1.54) is 0 Å². The molecule has 0 bridgehead atoms. The van der Waals surface area contributed by atoms with Crippen LogP contribution in [-0.2, 0) is 11.2 Å². The first kappa shape index (κ1) is 23.2. The lowest BCUT2D eigenvalue weighted by atomic mass is 10.0. The third kappa shape index (κ3) is 5.67. The Balaban J connectivity index is 1.34. The number of aryl methyl sites for hydroxylation is 1. The van der Waals surface area contributed by atoms with Crippen molar-refractivity contribution in [3.63, 3.8) is 0 Å². The highest BCUT2D eigenvalue weighted by atomic mass is 16.5. The molecular weight excluding hydrogens is 434 g/mol. The van der Waals surface area contributed by atoms with Crippen LogP contribution >= 0.6 is 0 Å². The van der Waals surface area contributed by atoms with Crippen molar-refractivity contribution in [3.05, 3.63) is 72.3 Å². The molecule has 0 aliphatic heterocycles. The average molecular weight is 462 g/mol. The largest absolute Gasteiger partial charge is 0.493 e. The second-order valence-electron chi connectivity index (χ2n) is 7.77. The van der Waals surface area contributed by atoms with Crippen molar-refractivity contribution >= 4 is 16.9 Å². The highest BCUT2D eigenvalue weighted by molar-refractivity contribution is 5.94. The van der Waals surface area contributed by atoms with Gasteiger partial charge in [-0.2, -0.15) is 0 Å². The van der Waals surface area contributed by atoms with E-state index in [2.05, 4.69) is 12.1 Å². The highest BCUT2D eigenvalue weighted by Crippen LogP contribution is 2.35. The van der Waals surface area contributed by atoms with E-state index in [9.17, 15) is 4.79 Å². The first-order valence-corrected chi connectivity index (χ1v) is 11.3. The summed E-state index contributed by atoms with van der Waals surface area (Å²) in [6.45, 7) is 2.75. The zero-order valence-corrected chi connectivity index (χ0v) is 19.0. The van der Waals surface area contributed by atoms with Crippen LogP contribution in [0.3, 0.4) is 0 Å². The standard InChI is InChI=1S/C27H27NO6/c1-2-7-22-24(15-14-23-26(28-34-27(22)23)19-8-4-3-5-9-19)32-17-6-16-31-20-10-12-21(13-11-20)33-18-25(29)30/h3-5,8-15H,2,6-7,16-18H2,1H3,(H,29,30). The number of fused-ring (bicyclic) bond motifs is 1. The summed E-state index contributed by atoms with van der Waals surface area (Å²) in [6, 6.07) is 20.9. The quantitative estimate of drug-likeness (QED) is 0.268. The number of hydrogen-bond donors (Lipinski definition) is 1. The molecule has 0 unspecified atom stereocenters. The Kier molecular flexibility index (Phi) is 7.65. The van der Waals surface area contributed by atoms with Gasteiger partial charge in [-0.05, 0) is 42.8 Å². The topological polar surface area (TPSA) is 91.0 Å². The molecule has 0 saturated heterocycles. The lowest BCUT2D eigenvalue weighted by Gasteiger charge is -2.12. The molecule has 1 N–H and O–H groups in total. The second kappa shape index (κ2) is 11.2. The average Bonchev–Trinajstić information content (AvgIpc) is 3.29. The maximum atomic E-state index is 10.6. The van der Waals surface area contributed by atoms with Gasteiger partial charge in [0.1, 0.15) is 22.9 Å². The lowest BCUT2D eigenvalue weighted by molar-refractivity contribution is -0.139. The highest BCUT2D eigenvalue weighted by Gasteiger charge is 2.17. The molecule has 0 radical (unpaired) electrons. The Morgan fingerprint density at radius 1 is 0.912 bits per heavy atom. The van der Waals surface area contributed by atoms with E-state index in [0.717, 1.165) is 46.4 Å². The van der Waals surface area contributed by atoms with Gasteiger partial charge in [-0.25, -0.2) is 4.79 Å². The van der Waals surface area contributed by atoms with Crippen LogP contribution in [0.2, 0.25) is 0 Å². The van der Waals surface area contributed by atoms with E-state index in [-0.39, 0.29) is 6.61 Å². The number of ether oxygens (including phenoxy) is 3. The third-order valence-corrected chi connectivity index (χ3v) is 5.25. The van der Waals surface area contributed by atoms with E-state index in [1.54, 1.807) is 24.3 Å². The number of nitrogens with zero attached hydrogens (tertiary/aromatic N) is 1. The van der Waals surface area contributed by atoms with Crippen LogP contribution in [0.25, 0.3) is 22.2 Å². The maximum absolute atomic E-state index is 10.6. The summed E-state index contributed by atoms with van der Waals surface area (Å²) in [5.41, 5.74) is 3.68. The zero-order chi connectivity index (χ0) is 23.8. The van der Waals surface area contributed by atoms with Crippen LogP contribution in [0.5, 0.6) is 17.2 Å². The predicted octanol–water partition coefficient (Wildman–Crippen LogP) is 5.76. The molecule has 3 aromatic carbocycles. The number of rotatable bonds is 12. The van der Waals surface area contributed by atoms with Gasteiger partial charge in [0.15, 0.2) is 12.2 Å². The van der Waals surface area contributed by atoms with Crippen molar-refractivity contribution in [2.24, 2.45) is 0 Å². The fraction of sp³-hybridized carbons (Fsp3) is 0.259. The molecule has 34 heavy (non-hydrogen) atoms. The summed E-state index contributed by atoms with van der Waals surface area (Å²) in [6.07, 6.45) is 2.50. The molecule has 0 atom stereocenters. The van der Waals surface area contributed by atoms with Crippen molar-refractivity contribution in [3.8, 4) is 28.5 Å². The smallest absolute Gasteiger partial charge is 0.341 e. The van der Waals surface area contributed by atoms with E-state index in [4.69, 9.17) is 23.8 Å². The monoisotopic (exact) mass is 461 g/mol. The summed E-state index contributed by atoms with van der Waals surface area (Å²) in [4.78, 5) is 10.6. The van der Waals surface area contributed by atoms with Crippen LogP contribution in [0.4, 0.5) is 0 Å². The molecule has 1 aromatic heterocycles. The first-order valence-electron chi connectivity index (χ1n) is 11.3. The van der Waals surface area contributed by atoms with Crippen molar-refractivity contribution in [1.82, 2.24) is 5.16 Å². The first-order chi connectivity index (χ1) is 16.7. The van der Waals surface area contributed by atoms with Crippen LogP contribution in [0.15, 0.2) is 71.3 Å². The van der Waals surface area contributed by atoms with Crippen LogP contribution in [0.1, 0.15) is 25.3 Å². The fourth-order valence-corrected chi connectivity index (χ4v) is 3.68. The summed E-state index contributed by atoms with van der Waals surface area (Å²) in [5.74, 6) is 0.970. The number of aliphatic carboxylic acids is 1. The fourth-order valence-electron chi connectivity index (χ4n) is 3.68. The van der Waals surface area contributed by atoms with Crippen LogP contribution in [0, 0.1) is 0 Å². The van der Waals surface area contributed by atoms with Gasteiger partial charge in [-0.15, -0.1) is 0 Å². The number of carboxylic acid groups (broad SMARTS) is 1. The summed E-state index contributed by atoms with van der Waals surface area (Å²) in [7, 11) is 0. The number of carboxylic acids is 1. The molecule has 0 fully saturated rings. The third-order valence-electron chi connectivity index (χ3n) is 5.25. The minimum absolute atomic E-state index is 0.370. The van der Waals surface area contributed by atoms with Gasteiger partial charge in [0, 0.05) is 17.5 Å². The number of carbonyl (C=O) groups is 1. The van der Waals surface area contributed by atoms with Crippen molar-refractivity contribution < 1.29 is 28.6 Å². The maximum Gasteiger partial charge on any atom is 0.341 e.